The first-order chi connectivity index (χ1) is 8.86. The Bertz CT molecular complexity index is 443. The molecule has 1 aromatic rings. The van der Waals surface area contributed by atoms with Gasteiger partial charge in [0, 0.05) is 11.5 Å². The van der Waals surface area contributed by atoms with Gasteiger partial charge in [0.1, 0.15) is 5.75 Å². The molecular formula is C17H22O. The largest absolute Gasteiger partial charge is 0.496 e. The average molecular weight is 242 g/mol. The van der Waals surface area contributed by atoms with E-state index in [1.807, 2.05) is 6.07 Å². The van der Waals surface area contributed by atoms with Crippen LogP contribution in [0.5, 0.6) is 5.75 Å². The van der Waals surface area contributed by atoms with Crippen molar-refractivity contribution < 1.29 is 4.74 Å². The molecule has 1 atom stereocenters. The van der Waals surface area contributed by atoms with E-state index in [1.54, 1.807) is 7.11 Å². The lowest BCUT2D eigenvalue weighted by Gasteiger charge is -2.20. The Morgan fingerprint density at radius 1 is 1.28 bits per heavy atom. The average Bonchev–Trinajstić information content (AvgIpc) is 2.94. The molecule has 2 rings (SSSR count). The van der Waals surface area contributed by atoms with E-state index in [4.69, 9.17) is 4.74 Å². The van der Waals surface area contributed by atoms with Crippen LogP contribution in [-0.2, 0) is 0 Å². The molecule has 0 N–H and O–H groups in total. The van der Waals surface area contributed by atoms with Crippen molar-refractivity contribution in [2.75, 3.05) is 7.11 Å². The molecule has 1 heteroatoms. The van der Waals surface area contributed by atoms with Crippen molar-refractivity contribution in [1.29, 1.82) is 0 Å². The van der Waals surface area contributed by atoms with Gasteiger partial charge in [-0.05, 0) is 24.5 Å². The molecule has 0 heterocycles. The van der Waals surface area contributed by atoms with Gasteiger partial charge in [0.2, 0.25) is 0 Å². The van der Waals surface area contributed by atoms with Gasteiger partial charge in [0.05, 0.1) is 7.11 Å². The molecule has 0 saturated carbocycles. The van der Waals surface area contributed by atoms with Gasteiger partial charge in [-0.15, -0.1) is 0 Å². The van der Waals surface area contributed by atoms with Gasteiger partial charge >= 0.3 is 0 Å². The molecule has 0 aromatic heterocycles. The fraction of sp³-hybridized carbons (Fsp3) is 0.412. The van der Waals surface area contributed by atoms with E-state index in [-0.39, 0.29) is 0 Å². The van der Waals surface area contributed by atoms with Crippen molar-refractivity contribution >= 4 is 0 Å². The minimum Gasteiger partial charge on any atom is -0.496 e. The quantitative estimate of drug-likeness (QED) is 0.692. The molecule has 1 aliphatic rings. The van der Waals surface area contributed by atoms with Crippen molar-refractivity contribution in [3.8, 4) is 5.75 Å². The molecule has 0 aliphatic heterocycles. The van der Waals surface area contributed by atoms with Gasteiger partial charge in [-0.3, -0.25) is 0 Å². The molecule has 0 spiro atoms. The number of para-hydroxylation sites is 1. The highest BCUT2D eigenvalue weighted by atomic mass is 16.5. The predicted molar refractivity (Wildman–Crippen MR) is 77.1 cm³/mol. The van der Waals surface area contributed by atoms with Gasteiger partial charge in [-0.1, -0.05) is 56.2 Å². The van der Waals surface area contributed by atoms with Crippen LogP contribution >= 0.6 is 0 Å². The molecule has 0 saturated heterocycles. The van der Waals surface area contributed by atoms with E-state index in [2.05, 4.69) is 43.4 Å². The van der Waals surface area contributed by atoms with Crippen molar-refractivity contribution in [3.63, 3.8) is 0 Å². The van der Waals surface area contributed by atoms with Crippen LogP contribution < -0.4 is 4.74 Å². The lowest BCUT2D eigenvalue weighted by atomic mass is 9.86. The smallest absolute Gasteiger partial charge is 0.122 e. The Hall–Kier alpha value is -1.50. The summed E-state index contributed by atoms with van der Waals surface area (Å²) in [5, 5.41) is 0. The first-order valence-electron chi connectivity index (χ1n) is 6.86. The van der Waals surface area contributed by atoms with E-state index in [0.29, 0.717) is 5.92 Å². The number of rotatable bonds is 6. The van der Waals surface area contributed by atoms with E-state index < -0.39 is 0 Å². The predicted octanol–water partition coefficient (Wildman–Crippen LogP) is 4.86. The molecular weight excluding hydrogens is 220 g/mol. The van der Waals surface area contributed by atoms with Crippen LogP contribution in [0.4, 0.5) is 0 Å². The third kappa shape index (κ3) is 2.84. The van der Waals surface area contributed by atoms with E-state index in [1.165, 1.54) is 30.4 Å². The van der Waals surface area contributed by atoms with Crippen molar-refractivity contribution in [2.45, 2.75) is 38.5 Å². The summed E-state index contributed by atoms with van der Waals surface area (Å²) < 4.78 is 5.51. The molecule has 0 amide bonds. The second kappa shape index (κ2) is 6.44. The van der Waals surface area contributed by atoms with Gasteiger partial charge in [-0.2, -0.15) is 0 Å². The lowest BCUT2D eigenvalue weighted by molar-refractivity contribution is 0.406. The van der Waals surface area contributed by atoms with Crippen LogP contribution in [-0.4, -0.2) is 7.11 Å². The highest BCUT2D eigenvalue weighted by Crippen LogP contribution is 2.37. The summed E-state index contributed by atoms with van der Waals surface area (Å²) >= 11 is 0. The zero-order valence-electron chi connectivity index (χ0n) is 11.4. The molecule has 1 aliphatic carbocycles. The van der Waals surface area contributed by atoms with E-state index in [9.17, 15) is 0 Å². The van der Waals surface area contributed by atoms with Crippen LogP contribution in [0.1, 0.15) is 44.1 Å². The van der Waals surface area contributed by atoms with Gasteiger partial charge in [0.25, 0.3) is 0 Å². The maximum Gasteiger partial charge on any atom is 0.122 e. The number of ether oxygens (including phenoxy) is 1. The van der Waals surface area contributed by atoms with Crippen molar-refractivity contribution in [2.24, 2.45) is 0 Å². The summed E-state index contributed by atoms with van der Waals surface area (Å²) in [7, 11) is 1.76. The minimum atomic E-state index is 0.486. The summed E-state index contributed by atoms with van der Waals surface area (Å²) in [4.78, 5) is 0. The maximum absolute atomic E-state index is 5.51. The van der Waals surface area contributed by atoms with Gasteiger partial charge in [0.15, 0.2) is 0 Å². The number of hydrogen-bond donors (Lipinski definition) is 0. The van der Waals surface area contributed by atoms with E-state index >= 15 is 0 Å². The molecule has 18 heavy (non-hydrogen) atoms. The van der Waals surface area contributed by atoms with Gasteiger partial charge < -0.3 is 4.74 Å². The first-order valence-corrected chi connectivity index (χ1v) is 6.86. The minimum absolute atomic E-state index is 0.486. The Kier molecular flexibility index (Phi) is 4.63. The lowest BCUT2D eigenvalue weighted by Crippen LogP contribution is -2.03. The van der Waals surface area contributed by atoms with Crippen LogP contribution in [0, 0.1) is 0 Å². The second-order valence-electron chi connectivity index (χ2n) is 4.78. The first kappa shape index (κ1) is 12.9. The Labute approximate surface area is 110 Å². The fourth-order valence-electron chi connectivity index (χ4n) is 2.60. The van der Waals surface area contributed by atoms with Crippen LogP contribution in [0.3, 0.4) is 0 Å². The molecule has 0 fully saturated rings. The summed E-state index contributed by atoms with van der Waals surface area (Å²) in [6.45, 7) is 2.25. The fourth-order valence-corrected chi connectivity index (χ4v) is 2.60. The monoisotopic (exact) mass is 242 g/mol. The third-order valence-electron chi connectivity index (χ3n) is 3.56. The number of methoxy groups -OCH3 is 1. The SMILES string of the molecule is CCCCC(C1=CCC=C1)c1ccccc1OC. The second-order valence-corrected chi connectivity index (χ2v) is 4.78. The Balaban J connectivity index is 2.29. The number of allylic oxidation sites excluding steroid dienone is 4. The summed E-state index contributed by atoms with van der Waals surface area (Å²) in [6, 6.07) is 8.41. The molecule has 1 aromatic carbocycles. The normalized spacial score (nSPS) is 15.6. The zero-order chi connectivity index (χ0) is 12.8. The summed E-state index contributed by atoms with van der Waals surface area (Å²) in [5.41, 5.74) is 2.78. The van der Waals surface area contributed by atoms with E-state index in [0.717, 1.165) is 12.2 Å². The molecule has 1 nitrogen and oxygen atoms in total. The van der Waals surface area contributed by atoms with Crippen molar-refractivity contribution in [3.05, 3.63) is 53.6 Å². The number of benzene rings is 1. The molecule has 0 bridgehead atoms. The Morgan fingerprint density at radius 2 is 2.11 bits per heavy atom. The summed E-state index contributed by atoms with van der Waals surface area (Å²) in [6.07, 6.45) is 11.6. The number of hydrogen-bond acceptors (Lipinski definition) is 1. The standard InChI is InChI=1S/C17H22O/c1-3-4-11-15(14-9-5-6-10-14)16-12-7-8-13-17(16)18-2/h5,7-10,12-13,15H,3-4,6,11H2,1-2H3. The highest BCUT2D eigenvalue weighted by Gasteiger charge is 2.19. The molecule has 0 radical (unpaired) electrons. The molecule has 96 valence electrons. The molecule has 1 unspecified atom stereocenters. The number of unbranched alkanes of at least 4 members (excludes halogenated alkanes) is 1. The Morgan fingerprint density at radius 3 is 2.78 bits per heavy atom. The highest BCUT2D eigenvalue weighted by molar-refractivity contribution is 5.45. The van der Waals surface area contributed by atoms with Crippen molar-refractivity contribution in [1.82, 2.24) is 0 Å². The summed E-state index contributed by atoms with van der Waals surface area (Å²) in [5.74, 6) is 1.50. The third-order valence-corrected chi connectivity index (χ3v) is 3.56. The van der Waals surface area contributed by atoms with Crippen LogP contribution in [0.2, 0.25) is 0 Å². The van der Waals surface area contributed by atoms with Gasteiger partial charge in [-0.25, -0.2) is 0 Å². The zero-order valence-corrected chi connectivity index (χ0v) is 11.4. The van der Waals surface area contributed by atoms with Crippen LogP contribution in [0.25, 0.3) is 0 Å². The topological polar surface area (TPSA) is 9.23 Å². The maximum atomic E-state index is 5.51. The van der Waals surface area contributed by atoms with Crippen LogP contribution in [0.15, 0.2) is 48.1 Å².